The molecule has 0 bridgehead atoms. The first-order valence-corrected chi connectivity index (χ1v) is 14.7. The number of ether oxygens (including phenoxy) is 1. The van der Waals surface area contributed by atoms with Gasteiger partial charge in [0.05, 0.1) is 6.61 Å². The van der Waals surface area contributed by atoms with Gasteiger partial charge in [0.25, 0.3) is 0 Å². The highest BCUT2D eigenvalue weighted by molar-refractivity contribution is 7.47. The summed E-state index contributed by atoms with van der Waals surface area (Å²) >= 11 is 0. The molecule has 0 radical (unpaired) electrons. The standard InChI is InChI=1S/C30H38NO5P/c1-3-19-31(20-4-2)27-16-17-28-26(21-27)15-18-29(34-22-24-11-7-5-8-12-24)30(28)36-37(32,33)35-23-25-13-9-6-10-14-25/h5-15,18,27H,3-4,16-17,19-23H2,1-2H3,(H,32,33). The Labute approximate surface area is 220 Å². The zero-order chi connectivity index (χ0) is 26.1. The SMILES string of the molecule is CCCN(CCC)C1CCc2c(ccc(OCc3ccccc3)c2OP(=O)(O)OCc2ccccc2)C1. The Bertz CT molecular complexity index is 1170. The third-order valence-electron chi connectivity index (χ3n) is 6.72. The van der Waals surface area contributed by atoms with Crippen LogP contribution in [0.5, 0.6) is 11.5 Å². The summed E-state index contributed by atoms with van der Waals surface area (Å²) in [5.41, 5.74) is 3.88. The predicted molar refractivity (Wildman–Crippen MR) is 147 cm³/mol. The molecule has 3 aromatic rings. The van der Waals surface area contributed by atoms with Crippen molar-refractivity contribution in [2.75, 3.05) is 13.1 Å². The first-order chi connectivity index (χ1) is 18.0. The van der Waals surface area contributed by atoms with Crippen LogP contribution in [0.4, 0.5) is 0 Å². The number of nitrogens with zero attached hydrogens (tertiary/aromatic N) is 1. The molecule has 6 nitrogen and oxygen atoms in total. The molecule has 0 spiro atoms. The van der Waals surface area contributed by atoms with Gasteiger partial charge >= 0.3 is 7.82 Å². The molecule has 7 heteroatoms. The smallest absolute Gasteiger partial charge is 0.485 e. The van der Waals surface area contributed by atoms with Crippen LogP contribution < -0.4 is 9.26 Å². The fourth-order valence-electron chi connectivity index (χ4n) is 4.96. The molecule has 2 atom stereocenters. The number of hydrogen-bond acceptors (Lipinski definition) is 5. The minimum Gasteiger partial charge on any atom is -0.485 e. The molecule has 0 fully saturated rings. The lowest BCUT2D eigenvalue weighted by Gasteiger charge is -2.35. The van der Waals surface area contributed by atoms with Crippen LogP contribution in [0.3, 0.4) is 0 Å². The average molecular weight is 524 g/mol. The molecule has 0 aliphatic heterocycles. The van der Waals surface area contributed by atoms with Crippen molar-refractivity contribution in [3.63, 3.8) is 0 Å². The lowest BCUT2D eigenvalue weighted by atomic mass is 9.86. The maximum Gasteiger partial charge on any atom is 0.527 e. The molecule has 3 aromatic carbocycles. The molecule has 0 saturated heterocycles. The topological polar surface area (TPSA) is 68.2 Å². The average Bonchev–Trinajstić information content (AvgIpc) is 2.92. The van der Waals surface area contributed by atoms with Crippen molar-refractivity contribution >= 4 is 7.82 Å². The molecule has 1 N–H and O–H groups in total. The van der Waals surface area contributed by atoms with Gasteiger partial charge in [0, 0.05) is 11.6 Å². The maximum absolute atomic E-state index is 13.1. The number of rotatable bonds is 13. The van der Waals surface area contributed by atoms with Crippen LogP contribution in [0.2, 0.25) is 0 Å². The third-order valence-corrected chi connectivity index (χ3v) is 7.59. The molecule has 1 aliphatic carbocycles. The van der Waals surface area contributed by atoms with Gasteiger partial charge in [0.2, 0.25) is 0 Å². The lowest BCUT2D eigenvalue weighted by Crippen LogP contribution is -2.40. The first kappa shape index (κ1) is 27.4. The number of benzene rings is 3. The van der Waals surface area contributed by atoms with E-state index in [1.807, 2.05) is 66.7 Å². The van der Waals surface area contributed by atoms with Gasteiger partial charge < -0.3 is 14.2 Å². The highest BCUT2D eigenvalue weighted by atomic mass is 31.2. The Hall–Kier alpha value is -2.63. The van der Waals surface area contributed by atoms with Crippen molar-refractivity contribution in [2.24, 2.45) is 0 Å². The van der Waals surface area contributed by atoms with Gasteiger partial charge in [-0.1, -0.05) is 80.6 Å². The second-order valence-electron chi connectivity index (χ2n) is 9.56. The number of hydrogen-bond donors (Lipinski definition) is 1. The van der Waals surface area contributed by atoms with E-state index < -0.39 is 7.82 Å². The minimum absolute atomic E-state index is 0.0189. The summed E-state index contributed by atoms with van der Waals surface area (Å²) in [4.78, 5) is 13.2. The van der Waals surface area contributed by atoms with Gasteiger partial charge in [-0.3, -0.25) is 9.42 Å². The summed E-state index contributed by atoms with van der Waals surface area (Å²) in [5, 5.41) is 0. The molecule has 0 heterocycles. The Morgan fingerprint density at radius 3 is 2.14 bits per heavy atom. The molecule has 0 amide bonds. The van der Waals surface area contributed by atoms with Gasteiger partial charge in [-0.05, 0) is 68.0 Å². The monoisotopic (exact) mass is 523 g/mol. The summed E-state index contributed by atoms with van der Waals surface area (Å²) in [6.07, 6.45) is 4.84. The molecular weight excluding hydrogens is 485 g/mol. The van der Waals surface area contributed by atoms with Crippen molar-refractivity contribution in [1.82, 2.24) is 4.90 Å². The Morgan fingerprint density at radius 2 is 1.51 bits per heavy atom. The first-order valence-electron chi connectivity index (χ1n) is 13.3. The normalized spacial score (nSPS) is 16.7. The number of fused-ring (bicyclic) bond motifs is 1. The largest absolute Gasteiger partial charge is 0.527 e. The van der Waals surface area contributed by atoms with Crippen molar-refractivity contribution in [3.05, 3.63) is 95.1 Å². The molecule has 198 valence electrons. The zero-order valence-electron chi connectivity index (χ0n) is 21.8. The summed E-state index contributed by atoms with van der Waals surface area (Å²) in [6.45, 7) is 6.91. The minimum atomic E-state index is -4.39. The maximum atomic E-state index is 13.1. The highest BCUT2D eigenvalue weighted by Gasteiger charge is 2.32. The number of phosphoric acid groups is 1. The quantitative estimate of drug-likeness (QED) is 0.245. The summed E-state index contributed by atoms with van der Waals surface area (Å²) in [7, 11) is -4.39. The number of phosphoric ester groups is 1. The summed E-state index contributed by atoms with van der Waals surface area (Å²) in [6, 6.07) is 23.5. The van der Waals surface area contributed by atoms with E-state index in [4.69, 9.17) is 13.8 Å². The summed E-state index contributed by atoms with van der Waals surface area (Å²) in [5.74, 6) is 0.779. The van der Waals surface area contributed by atoms with Crippen LogP contribution in [-0.4, -0.2) is 28.9 Å². The van der Waals surface area contributed by atoms with E-state index in [2.05, 4.69) is 24.8 Å². The van der Waals surface area contributed by atoms with Crippen molar-refractivity contribution in [3.8, 4) is 11.5 Å². The van der Waals surface area contributed by atoms with E-state index in [0.29, 0.717) is 24.1 Å². The zero-order valence-corrected chi connectivity index (χ0v) is 22.7. The highest BCUT2D eigenvalue weighted by Crippen LogP contribution is 2.50. The van der Waals surface area contributed by atoms with Gasteiger partial charge in [0.1, 0.15) is 6.61 Å². The van der Waals surface area contributed by atoms with Crippen molar-refractivity contribution < 1.29 is 23.2 Å². The van der Waals surface area contributed by atoms with Crippen molar-refractivity contribution in [2.45, 2.75) is 65.2 Å². The molecule has 2 unspecified atom stereocenters. The van der Waals surface area contributed by atoms with Crippen molar-refractivity contribution in [1.29, 1.82) is 0 Å². The second kappa shape index (κ2) is 13.3. The Morgan fingerprint density at radius 1 is 0.892 bits per heavy atom. The second-order valence-corrected chi connectivity index (χ2v) is 10.9. The molecule has 4 rings (SSSR count). The van der Waals surface area contributed by atoms with E-state index in [1.165, 1.54) is 0 Å². The van der Waals surface area contributed by atoms with Gasteiger partial charge in [-0.2, -0.15) is 0 Å². The van der Waals surface area contributed by atoms with Crippen LogP contribution in [0.25, 0.3) is 0 Å². The van der Waals surface area contributed by atoms with Crippen LogP contribution in [0.15, 0.2) is 72.8 Å². The molecule has 0 aromatic heterocycles. The van der Waals surface area contributed by atoms with E-state index in [-0.39, 0.29) is 6.61 Å². The van der Waals surface area contributed by atoms with E-state index in [1.54, 1.807) is 0 Å². The predicted octanol–water partition coefficient (Wildman–Crippen LogP) is 6.94. The molecular formula is C30H38NO5P. The van der Waals surface area contributed by atoms with Crippen LogP contribution in [0.1, 0.15) is 55.4 Å². The Kier molecular flexibility index (Phi) is 9.81. The van der Waals surface area contributed by atoms with E-state index in [9.17, 15) is 9.46 Å². The fraction of sp³-hybridized carbons (Fsp3) is 0.400. The molecule has 1 aliphatic rings. The third kappa shape index (κ3) is 7.68. The van der Waals surface area contributed by atoms with Crippen LogP contribution in [0, 0.1) is 0 Å². The van der Waals surface area contributed by atoms with E-state index >= 15 is 0 Å². The Balaban J connectivity index is 1.58. The summed E-state index contributed by atoms with van der Waals surface area (Å²) < 4.78 is 30.3. The van der Waals surface area contributed by atoms with Crippen LogP contribution in [-0.2, 0) is 35.1 Å². The van der Waals surface area contributed by atoms with Gasteiger partial charge in [-0.25, -0.2) is 4.57 Å². The van der Waals surface area contributed by atoms with Gasteiger partial charge in [-0.15, -0.1) is 0 Å². The van der Waals surface area contributed by atoms with E-state index in [0.717, 1.165) is 67.4 Å². The fourth-order valence-corrected chi connectivity index (χ4v) is 5.76. The van der Waals surface area contributed by atoms with Gasteiger partial charge in [0.15, 0.2) is 11.5 Å². The molecule has 37 heavy (non-hydrogen) atoms. The van der Waals surface area contributed by atoms with Crippen LogP contribution >= 0.6 is 7.82 Å². The lowest BCUT2D eigenvalue weighted by molar-refractivity contribution is 0.176. The molecule has 0 saturated carbocycles.